The Morgan fingerprint density at radius 1 is 0.642 bits per heavy atom. The normalized spacial score (nSPS) is 10.4. The van der Waals surface area contributed by atoms with Crippen LogP contribution in [0.4, 0.5) is 9.59 Å². The van der Waals surface area contributed by atoms with Gasteiger partial charge in [0, 0.05) is 33.2 Å². The van der Waals surface area contributed by atoms with E-state index >= 15 is 0 Å². The molecule has 0 aliphatic rings. The Kier molecular flexibility index (Phi) is 14.6. The number of hydrogen-bond donors (Lipinski definition) is 5. The van der Waals surface area contributed by atoms with Crippen molar-refractivity contribution in [2.45, 2.75) is 12.8 Å². The van der Waals surface area contributed by atoms with E-state index in [4.69, 9.17) is 19.8 Å². The van der Waals surface area contributed by atoms with E-state index in [1.165, 1.54) is 72.5 Å². The summed E-state index contributed by atoms with van der Waals surface area (Å²) in [5, 5.41) is 48.5. The first-order chi connectivity index (χ1) is 25.2. The van der Waals surface area contributed by atoms with Gasteiger partial charge in [-0.2, -0.15) is 0 Å². The van der Waals surface area contributed by atoms with E-state index < -0.39 is 65.5 Å². The number of phenolic OH excluding ortho intramolecular Hbond substituents is 2. The smallest absolute Gasteiger partial charge is 0.504 e. The van der Waals surface area contributed by atoms with Crippen LogP contribution in [0.5, 0.6) is 34.5 Å². The van der Waals surface area contributed by atoms with Crippen molar-refractivity contribution in [1.29, 1.82) is 0 Å². The summed E-state index contributed by atoms with van der Waals surface area (Å²) in [5.74, 6) is -6.11. The van der Waals surface area contributed by atoms with E-state index in [2.05, 4.69) is 14.4 Å². The SMILES string of the molecule is COC(=O)Oc1cccc(C(=O)N(CCCN(CCCN(C)C(=O)c2cccc(OC(=O)O)c2O)C(=O)c2cccc(OO)c2O)CC(=O)O)c1OC. The third kappa shape index (κ3) is 10.6. The fourth-order valence-electron chi connectivity index (χ4n) is 5.08. The molecule has 0 aliphatic carbocycles. The average molecular weight is 744 g/mol. The number of carbonyl (C=O) groups excluding carboxylic acids is 4. The number of rotatable bonds is 17. The minimum Gasteiger partial charge on any atom is -0.504 e. The van der Waals surface area contributed by atoms with Gasteiger partial charge in [0.25, 0.3) is 17.7 Å². The molecule has 19 nitrogen and oxygen atoms in total. The van der Waals surface area contributed by atoms with Gasteiger partial charge in [-0.25, -0.2) is 14.8 Å². The Hall–Kier alpha value is -6.76. The summed E-state index contributed by atoms with van der Waals surface area (Å²) in [5.41, 5.74) is -0.633. The molecule has 5 N–H and O–H groups in total. The van der Waals surface area contributed by atoms with Gasteiger partial charge in [-0.1, -0.05) is 18.2 Å². The van der Waals surface area contributed by atoms with Gasteiger partial charge in [-0.05, 0) is 49.2 Å². The average Bonchev–Trinajstić information content (AvgIpc) is 3.13. The molecule has 0 unspecified atom stereocenters. The van der Waals surface area contributed by atoms with Crippen LogP contribution in [-0.2, 0) is 9.53 Å². The molecule has 0 spiro atoms. The Labute approximate surface area is 301 Å². The highest BCUT2D eigenvalue weighted by Gasteiger charge is 2.27. The van der Waals surface area contributed by atoms with Crippen LogP contribution in [0, 0.1) is 0 Å². The Morgan fingerprint density at radius 3 is 1.72 bits per heavy atom. The predicted molar refractivity (Wildman–Crippen MR) is 180 cm³/mol. The van der Waals surface area contributed by atoms with Gasteiger partial charge >= 0.3 is 18.3 Å². The summed E-state index contributed by atoms with van der Waals surface area (Å²) in [6.07, 6.45) is -2.66. The van der Waals surface area contributed by atoms with Crippen LogP contribution >= 0.6 is 0 Å². The van der Waals surface area contributed by atoms with Gasteiger partial charge in [0.2, 0.25) is 5.75 Å². The summed E-state index contributed by atoms with van der Waals surface area (Å²) < 4.78 is 19.3. The molecule has 0 saturated carbocycles. The highest BCUT2D eigenvalue weighted by atomic mass is 17.1. The molecule has 3 aromatic carbocycles. The maximum absolute atomic E-state index is 13.7. The van der Waals surface area contributed by atoms with Gasteiger partial charge in [0.1, 0.15) is 6.54 Å². The van der Waals surface area contributed by atoms with Gasteiger partial charge < -0.3 is 59.0 Å². The number of ether oxygens (including phenoxy) is 4. The molecule has 0 heterocycles. The molecule has 0 radical (unpaired) electrons. The number of hydrogen-bond acceptors (Lipinski definition) is 14. The number of methoxy groups -OCH3 is 2. The van der Waals surface area contributed by atoms with Crippen molar-refractivity contribution in [3.63, 3.8) is 0 Å². The molecular weight excluding hydrogens is 706 g/mol. The van der Waals surface area contributed by atoms with Crippen LogP contribution in [0.15, 0.2) is 54.6 Å². The van der Waals surface area contributed by atoms with Crippen molar-refractivity contribution >= 4 is 36.0 Å². The summed E-state index contributed by atoms with van der Waals surface area (Å²) in [7, 11) is 3.70. The Balaban J connectivity index is 1.82. The number of nitrogens with zero attached hydrogens (tertiary/aromatic N) is 3. The molecule has 0 fully saturated rings. The van der Waals surface area contributed by atoms with Crippen molar-refractivity contribution < 1.29 is 78.3 Å². The fourth-order valence-corrected chi connectivity index (χ4v) is 5.08. The Bertz CT molecular complexity index is 1830. The van der Waals surface area contributed by atoms with Crippen LogP contribution in [0.25, 0.3) is 0 Å². The summed E-state index contributed by atoms with van der Waals surface area (Å²) in [4.78, 5) is 82.4. The molecule has 19 heteroatoms. The van der Waals surface area contributed by atoms with E-state index in [1.54, 1.807) is 0 Å². The second kappa shape index (κ2) is 19.0. The number of carboxylic acids is 1. The van der Waals surface area contributed by atoms with E-state index in [-0.39, 0.29) is 67.2 Å². The van der Waals surface area contributed by atoms with E-state index in [0.717, 1.165) is 18.1 Å². The minimum absolute atomic E-state index is 0.00138. The Morgan fingerprint density at radius 2 is 1.15 bits per heavy atom. The monoisotopic (exact) mass is 743 g/mol. The van der Waals surface area contributed by atoms with E-state index in [0.29, 0.717) is 0 Å². The van der Waals surface area contributed by atoms with Crippen LogP contribution < -0.4 is 19.1 Å². The first-order valence-electron chi connectivity index (χ1n) is 15.6. The number of aliphatic carboxylic acids is 1. The molecule has 53 heavy (non-hydrogen) atoms. The summed E-state index contributed by atoms with van der Waals surface area (Å²) in [6.45, 7) is -1.12. The number of benzene rings is 3. The standard InChI is InChI=1S/C34H37N3O16/c1-35(30(42)20-9-4-12-23(27(20)40)51-33(45)46)15-7-16-36(31(43)21-10-5-13-24(53-48)28(21)41)17-8-18-37(19-26(38)39)32(44)22-11-6-14-25(29(22)49-2)52-34(47)50-3/h4-6,9-14,40-41,48H,7-8,15-19H2,1-3H3,(H,38,39)(H,45,46). The predicted octanol–water partition coefficient (Wildman–Crippen LogP) is 3.38. The number of aromatic hydroxyl groups is 2. The molecule has 0 bridgehead atoms. The summed E-state index contributed by atoms with van der Waals surface area (Å²) in [6, 6.07) is 11.6. The largest absolute Gasteiger partial charge is 0.513 e. The topological polar surface area (TPSA) is 259 Å². The molecule has 0 aromatic heterocycles. The molecule has 0 saturated heterocycles. The highest BCUT2D eigenvalue weighted by Crippen LogP contribution is 2.33. The van der Waals surface area contributed by atoms with Crippen molar-refractivity contribution in [3.05, 3.63) is 71.3 Å². The second-order valence-electron chi connectivity index (χ2n) is 11.0. The van der Waals surface area contributed by atoms with Crippen LogP contribution in [0.3, 0.4) is 0 Å². The third-order valence-electron chi connectivity index (χ3n) is 7.55. The first-order valence-corrected chi connectivity index (χ1v) is 15.6. The second-order valence-corrected chi connectivity index (χ2v) is 11.0. The molecular formula is C34H37N3O16. The lowest BCUT2D eigenvalue weighted by Gasteiger charge is -2.27. The lowest BCUT2D eigenvalue weighted by atomic mass is 10.1. The molecule has 0 aliphatic heterocycles. The molecule has 0 atom stereocenters. The zero-order valence-corrected chi connectivity index (χ0v) is 28.7. The summed E-state index contributed by atoms with van der Waals surface area (Å²) >= 11 is 0. The van der Waals surface area contributed by atoms with Gasteiger partial charge in [-0.3, -0.25) is 19.2 Å². The third-order valence-corrected chi connectivity index (χ3v) is 7.55. The zero-order chi connectivity index (χ0) is 39.2. The molecule has 3 aromatic rings. The van der Waals surface area contributed by atoms with Crippen molar-refractivity contribution in [3.8, 4) is 34.5 Å². The molecule has 3 rings (SSSR count). The van der Waals surface area contributed by atoms with Crippen LogP contribution in [-0.4, -0.2) is 130 Å². The minimum atomic E-state index is -1.69. The van der Waals surface area contributed by atoms with E-state index in [9.17, 15) is 44.1 Å². The highest BCUT2D eigenvalue weighted by molar-refractivity contribution is 6.00. The van der Waals surface area contributed by atoms with Gasteiger partial charge in [0.15, 0.2) is 28.7 Å². The van der Waals surface area contributed by atoms with Gasteiger partial charge in [-0.15, -0.1) is 0 Å². The zero-order valence-electron chi connectivity index (χ0n) is 28.7. The quantitative estimate of drug-likeness (QED) is 0.0574. The van der Waals surface area contributed by atoms with Crippen LogP contribution in [0.1, 0.15) is 43.9 Å². The molecule has 284 valence electrons. The number of phenols is 2. The first kappa shape index (κ1) is 40.7. The number of carboxylic acid groups (broad SMARTS) is 2. The van der Waals surface area contributed by atoms with Gasteiger partial charge in [0.05, 0.1) is 30.9 Å². The van der Waals surface area contributed by atoms with Crippen molar-refractivity contribution in [1.82, 2.24) is 14.7 Å². The molecule has 3 amide bonds. The number of para-hydroxylation sites is 3. The lowest BCUT2D eigenvalue weighted by molar-refractivity contribution is -0.139. The fraction of sp³-hybridized carbons (Fsp3) is 0.294. The maximum atomic E-state index is 13.7. The lowest BCUT2D eigenvalue weighted by Crippen LogP contribution is -2.40. The number of amides is 3. The van der Waals surface area contributed by atoms with Crippen molar-refractivity contribution in [2.24, 2.45) is 0 Å². The van der Waals surface area contributed by atoms with E-state index in [1.807, 2.05) is 0 Å². The number of carbonyl (C=O) groups is 6. The van der Waals surface area contributed by atoms with Crippen LogP contribution in [0.2, 0.25) is 0 Å². The van der Waals surface area contributed by atoms with Crippen molar-refractivity contribution in [2.75, 3.05) is 54.0 Å². The maximum Gasteiger partial charge on any atom is 0.513 e.